The smallest absolute Gasteiger partial charge is 0.335 e. The van der Waals surface area contributed by atoms with Gasteiger partial charge in [-0.3, -0.25) is 14.2 Å². The summed E-state index contributed by atoms with van der Waals surface area (Å²) in [6.07, 6.45) is 1.95. The number of carboxylic acids is 1. The number of aromatic carboxylic acids is 1. The summed E-state index contributed by atoms with van der Waals surface area (Å²) in [4.78, 5) is 41.8. The monoisotopic (exact) mass is 327 g/mol. The number of nitrogens with zero attached hydrogens (tertiary/aromatic N) is 3. The lowest BCUT2D eigenvalue weighted by Crippen LogP contribution is -2.40. The zero-order valence-electron chi connectivity index (χ0n) is 13.2. The minimum absolute atomic E-state index is 0.0533. The molecule has 1 aliphatic rings. The third-order valence-corrected chi connectivity index (χ3v) is 4.18. The summed E-state index contributed by atoms with van der Waals surface area (Å²) in [5, 5.41) is 9.04. The van der Waals surface area contributed by atoms with E-state index in [0.717, 1.165) is 0 Å². The average Bonchev–Trinajstić information content (AvgIpc) is 2.61. The first-order chi connectivity index (χ1) is 11.5. The van der Waals surface area contributed by atoms with Crippen molar-refractivity contribution in [3.63, 3.8) is 0 Å². The lowest BCUT2D eigenvalue weighted by molar-refractivity contribution is 0.0697. The molecule has 1 N–H and O–H groups in total. The Hall–Kier alpha value is -2.96. The minimum Gasteiger partial charge on any atom is -0.478 e. The van der Waals surface area contributed by atoms with E-state index in [1.54, 1.807) is 21.6 Å². The van der Waals surface area contributed by atoms with E-state index >= 15 is 0 Å². The van der Waals surface area contributed by atoms with Crippen molar-refractivity contribution in [3.05, 3.63) is 63.3 Å². The zero-order chi connectivity index (χ0) is 17.3. The molecule has 0 radical (unpaired) electrons. The highest BCUT2D eigenvalue weighted by atomic mass is 16.4. The van der Waals surface area contributed by atoms with Crippen molar-refractivity contribution in [1.29, 1.82) is 0 Å². The molecule has 7 heteroatoms. The van der Waals surface area contributed by atoms with Gasteiger partial charge in [0.1, 0.15) is 0 Å². The molecule has 0 aliphatic carbocycles. The van der Waals surface area contributed by atoms with Crippen LogP contribution in [-0.2, 0) is 19.5 Å². The Kier molecular flexibility index (Phi) is 4.16. The summed E-state index contributed by atoms with van der Waals surface area (Å²) in [5.74, 6) is -1.33. The van der Waals surface area contributed by atoms with Crippen molar-refractivity contribution in [2.45, 2.75) is 26.4 Å². The number of carboxylic acid groups (broad SMARTS) is 1. The number of amides is 1. The van der Waals surface area contributed by atoms with Gasteiger partial charge >= 0.3 is 5.97 Å². The standard InChI is InChI=1S/C17H17N3O4/c1-2-19-10-18-14-9-20(7-6-13(14)16(19)22)15(21)11-4-3-5-12(8-11)17(23)24/h3-5,8,10H,2,6-7,9H2,1H3,(H,23,24). The predicted octanol–water partition coefficient (Wildman–Crippen LogP) is 1.16. The van der Waals surface area contributed by atoms with Gasteiger partial charge in [-0.2, -0.15) is 0 Å². The van der Waals surface area contributed by atoms with Gasteiger partial charge < -0.3 is 10.0 Å². The van der Waals surface area contributed by atoms with E-state index in [1.165, 1.54) is 18.5 Å². The molecule has 0 saturated heterocycles. The summed E-state index contributed by atoms with van der Waals surface area (Å²) in [6, 6.07) is 5.95. The molecule has 0 fully saturated rings. The van der Waals surface area contributed by atoms with Crippen LogP contribution in [0.25, 0.3) is 0 Å². The molecule has 2 heterocycles. The molecule has 0 spiro atoms. The van der Waals surface area contributed by atoms with Gasteiger partial charge in [0.15, 0.2) is 0 Å². The molecule has 1 aromatic heterocycles. The Labute approximate surface area is 138 Å². The highest BCUT2D eigenvalue weighted by Crippen LogP contribution is 2.17. The van der Waals surface area contributed by atoms with Gasteiger partial charge in [-0.25, -0.2) is 9.78 Å². The minimum atomic E-state index is -1.07. The van der Waals surface area contributed by atoms with E-state index in [-0.39, 0.29) is 23.6 Å². The molecule has 24 heavy (non-hydrogen) atoms. The summed E-state index contributed by atoms with van der Waals surface area (Å²) < 4.78 is 1.55. The molecular formula is C17H17N3O4. The SMILES string of the molecule is CCn1cnc2c(c1=O)CCN(C(=O)c1cccc(C(=O)O)c1)C2. The van der Waals surface area contributed by atoms with Crippen LogP contribution in [0, 0.1) is 0 Å². The molecule has 7 nitrogen and oxygen atoms in total. The third kappa shape index (κ3) is 2.80. The van der Waals surface area contributed by atoms with Crippen LogP contribution < -0.4 is 5.56 Å². The highest BCUT2D eigenvalue weighted by Gasteiger charge is 2.25. The fraction of sp³-hybridized carbons (Fsp3) is 0.294. The van der Waals surface area contributed by atoms with Crippen molar-refractivity contribution in [2.75, 3.05) is 6.54 Å². The van der Waals surface area contributed by atoms with Crippen LogP contribution in [0.15, 0.2) is 35.4 Å². The third-order valence-electron chi connectivity index (χ3n) is 4.18. The molecular weight excluding hydrogens is 310 g/mol. The lowest BCUT2D eigenvalue weighted by Gasteiger charge is -2.28. The maximum Gasteiger partial charge on any atom is 0.335 e. The van der Waals surface area contributed by atoms with Crippen LogP contribution in [-0.4, -0.2) is 38.0 Å². The van der Waals surface area contributed by atoms with Crippen LogP contribution in [0.2, 0.25) is 0 Å². The van der Waals surface area contributed by atoms with E-state index in [0.29, 0.717) is 36.3 Å². The molecule has 0 bridgehead atoms. The van der Waals surface area contributed by atoms with E-state index in [4.69, 9.17) is 5.11 Å². The van der Waals surface area contributed by atoms with E-state index in [9.17, 15) is 14.4 Å². The number of hydrogen-bond acceptors (Lipinski definition) is 4. The lowest BCUT2D eigenvalue weighted by atomic mass is 10.0. The summed E-state index contributed by atoms with van der Waals surface area (Å²) in [6.45, 7) is 3.10. The van der Waals surface area contributed by atoms with Crippen molar-refractivity contribution in [1.82, 2.24) is 14.5 Å². The number of aryl methyl sites for hydroxylation is 1. The number of carbonyl (C=O) groups is 2. The number of carbonyl (C=O) groups excluding carboxylic acids is 1. The van der Waals surface area contributed by atoms with Gasteiger partial charge in [-0.05, 0) is 31.5 Å². The van der Waals surface area contributed by atoms with Crippen molar-refractivity contribution in [2.24, 2.45) is 0 Å². The number of hydrogen-bond donors (Lipinski definition) is 1. The first-order valence-corrected chi connectivity index (χ1v) is 7.71. The molecule has 0 unspecified atom stereocenters. The van der Waals surface area contributed by atoms with Crippen LogP contribution >= 0.6 is 0 Å². The Balaban J connectivity index is 1.86. The molecule has 1 aliphatic heterocycles. The quantitative estimate of drug-likeness (QED) is 0.913. The number of aromatic nitrogens is 2. The van der Waals surface area contributed by atoms with Crippen LogP contribution in [0.5, 0.6) is 0 Å². The largest absolute Gasteiger partial charge is 0.478 e. The van der Waals surface area contributed by atoms with Crippen molar-refractivity contribution in [3.8, 4) is 0 Å². The average molecular weight is 327 g/mol. The van der Waals surface area contributed by atoms with Crippen LogP contribution in [0.3, 0.4) is 0 Å². The molecule has 1 amide bonds. The molecule has 3 rings (SSSR count). The Morgan fingerprint density at radius 2 is 2.04 bits per heavy atom. The molecule has 0 atom stereocenters. The molecule has 0 saturated carbocycles. The van der Waals surface area contributed by atoms with E-state index in [2.05, 4.69) is 4.98 Å². The van der Waals surface area contributed by atoms with Gasteiger partial charge in [0.05, 0.1) is 24.1 Å². The fourth-order valence-corrected chi connectivity index (χ4v) is 2.83. The number of rotatable bonds is 3. The Morgan fingerprint density at radius 3 is 2.75 bits per heavy atom. The summed E-state index contributed by atoms with van der Waals surface area (Å²) in [7, 11) is 0. The Morgan fingerprint density at radius 1 is 1.29 bits per heavy atom. The zero-order valence-corrected chi connectivity index (χ0v) is 13.2. The maximum atomic E-state index is 12.6. The predicted molar refractivity (Wildman–Crippen MR) is 86.0 cm³/mol. The van der Waals surface area contributed by atoms with Gasteiger partial charge in [0.2, 0.25) is 0 Å². The molecule has 1 aromatic carbocycles. The fourth-order valence-electron chi connectivity index (χ4n) is 2.83. The first-order valence-electron chi connectivity index (χ1n) is 7.71. The number of benzene rings is 1. The van der Waals surface area contributed by atoms with E-state index in [1.807, 2.05) is 6.92 Å². The van der Waals surface area contributed by atoms with Gasteiger partial charge in [-0.15, -0.1) is 0 Å². The number of fused-ring (bicyclic) bond motifs is 1. The second-order valence-electron chi connectivity index (χ2n) is 5.62. The van der Waals surface area contributed by atoms with Gasteiger partial charge in [-0.1, -0.05) is 6.07 Å². The first kappa shape index (κ1) is 15.9. The second kappa shape index (κ2) is 6.27. The van der Waals surface area contributed by atoms with Gasteiger partial charge in [0, 0.05) is 24.2 Å². The van der Waals surface area contributed by atoms with Crippen molar-refractivity contribution >= 4 is 11.9 Å². The normalized spacial score (nSPS) is 13.5. The molecule has 2 aromatic rings. The van der Waals surface area contributed by atoms with Gasteiger partial charge in [0.25, 0.3) is 11.5 Å². The maximum absolute atomic E-state index is 12.6. The Bertz CT molecular complexity index is 872. The highest BCUT2D eigenvalue weighted by molar-refractivity contribution is 5.97. The summed E-state index contributed by atoms with van der Waals surface area (Å²) in [5.41, 5.74) is 1.60. The van der Waals surface area contributed by atoms with E-state index < -0.39 is 5.97 Å². The van der Waals surface area contributed by atoms with Crippen LogP contribution in [0.1, 0.15) is 38.9 Å². The molecule has 124 valence electrons. The topological polar surface area (TPSA) is 92.5 Å². The summed E-state index contributed by atoms with van der Waals surface area (Å²) >= 11 is 0. The van der Waals surface area contributed by atoms with Crippen LogP contribution in [0.4, 0.5) is 0 Å². The second-order valence-corrected chi connectivity index (χ2v) is 5.62. The van der Waals surface area contributed by atoms with Crippen molar-refractivity contribution < 1.29 is 14.7 Å².